The number of allylic oxidation sites excluding steroid dienone is 1. The number of carbonyl (C=O) groups is 1. The number of benzene rings is 1. The van der Waals surface area contributed by atoms with E-state index in [1.54, 1.807) is 12.1 Å². The first-order valence-electron chi connectivity index (χ1n) is 6.73. The van der Waals surface area contributed by atoms with E-state index in [-0.39, 0.29) is 11.5 Å². The van der Waals surface area contributed by atoms with Crippen LogP contribution >= 0.6 is 0 Å². The summed E-state index contributed by atoms with van der Waals surface area (Å²) in [4.78, 5) is 11.6. The topological polar surface area (TPSA) is 37.3 Å². The van der Waals surface area contributed by atoms with Gasteiger partial charge < -0.3 is 5.11 Å². The zero-order chi connectivity index (χ0) is 13.2. The van der Waals surface area contributed by atoms with Crippen LogP contribution in [-0.4, -0.2) is 10.9 Å². The van der Waals surface area contributed by atoms with Crippen LogP contribution in [-0.2, 0) is 4.79 Å². The molecule has 0 aliphatic heterocycles. The standard InChI is InChI=1S/C16H22O2/c1-2-3-4-5-9-12-15(17)13-16(18)14-10-7-6-8-11-14/h6-8,10-11,13,18H,2-5,9,12H2,1H3/b16-13-. The summed E-state index contributed by atoms with van der Waals surface area (Å²) in [6.07, 6.45) is 7.52. The Morgan fingerprint density at radius 1 is 1.11 bits per heavy atom. The average Bonchev–Trinajstić information content (AvgIpc) is 2.39. The molecule has 0 bridgehead atoms. The van der Waals surface area contributed by atoms with Crippen LogP contribution in [0.15, 0.2) is 36.4 Å². The summed E-state index contributed by atoms with van der Waals surface area (Å²) in [6, 6.07) is 9.15. The quantitative estimate of drug-likeness (QED) is 0.416. The molecule has 1 N–H and O–H groups in total. The van der Waals surface area contributed by atoms with Crippen LogP contribution in [0.2, 0.25) is 0 Å². The zero-order valence-electron chi connectivity index (χ0n) is 11.1. The van der Waals surface area contributed by atoms with Crippen LogP contribution in [0.1, 0.15) is 51.0 Å². The Bertz CT molecular complexity index is 379. The lowest BCUT2D eigenvalue weighted by atomic mass is 10.1. The Morgan fingerprint density at radius 2 is 1.78 bits per heavy atom. The van der Waals surface area contributed by atoms with Crippen LogP contribution in [0.4, 0.5) is 0 Å². The van der Waals surface area contributed by atoms with Gasteiger partial charge >= 0.3 is 0 Å². The molecule has 0 aliphatic rings. The van der Waals surface area contributed by atoms with Gasteiger partial charge in [-0.3, -0.25) is 4.79 Å². The molecule has 0 saturated carbocycles. The maximum Gasteiger partial charge on any atom is 0.159 e. The molecule has 1 aromatic carbocycles. The van der Waals surface area contributed by atoms with E-state index < -0.39 is 0 Å². The van der Waals surface area contributed by atoms with Gasteiger partial charge in [-0.15, -0.1) is 0 Å². The number of hydrogen-bond acceptors (Lipinski definition) is 2. The number of ketones is 1. The lowest BCUT2D eigenvalue weighted by molar-refractivity contribution is -0.114. The van der Waals surface area contributed by atoms with Crippen molar-refractivity contribution in [1.82, 2.24) is 0 Å². The summed E-state index contributed by atoms with van der Waals surface area (Å²) in [5, 5.41) is 9.77. The van der Waals surface area contributed by atoms with Crippen molar-refractivity contribution in [2.45, 2.75) is 45.4 Å². The molecule has 2 heteroatoms. The van der Waals surface area contributed by atoms with E-state index in [2.05, 4.69) is 6.92 Å². The molecule has 0 aromatic heterocycles. The summed E-state index contributed by atoms with van der Waals surface area (Å²) in [5.41, 5.74) is 0.692. The molecule has 0 heterocycles. The van der Waals surface area contributed by atoms with Gasteiger partial charge in [0.1, 0.15) is 5.76 Å². The molecule has 0 unspecified atom stereocenters. The maximum absolute atomic E-state index is 11.6. The summed E-state index contributed by atoms with van der Waals surface area (Å²) >= 11 is 0. The molecule has 0 spiro atoms. The van der Waals surface area contributed by atoms with Gasteiger partial charge in [0.15, 0.2) is 5.78 Å². The second-order valence-corrected chi connectivity index (χ2v) is 4.53. The van der Waals surface area contributed by atoms with Crippen molar-refractivity contribution < 1.29 is 9.90 Å². The fourth-order valence-electron chi connectivity index (χ4n) is 1.82. The summed E-state index contributed by atoms with van der Waals surface area (Å²) < 4.78 is 0. The van der Waals surface area contributed by atoms with Gasteiger partial charge in [-0.05, 0) is 6.42 Å². The van der Waals surface area contributed by atoms with E-state index in [0.717, 1.165) is 12.8 Å². The normalized spacial score (nSPS) is 11.5. The molecule has 1 aromatic rings. The number of hydrogen-bond donors (Lipinski definition) is 1. The van der Waals surface area contributed by atoms with Gasteiger partial charge in [-0.2, -0.15) is 0 Å². The molecule has 0 radical (unpaired) electrons. The van der Waals surface area contributed by atoms with Gasteiger partial charge in [0.25, 0.3) is 0 Å². The minimum absolute atomic E-state index is 0.00727. The lowest BCUT2D eigenvalue weighted by Gasteiger charge is -2.00. The monoisotopic (exact) mass is 246 g/mol. The van der Waals surface area contributed by atoms with Gasteiger partial charge in [-0.1, -0.05) is 62.9 Å². The van der Waals surface area contributed by atoms with Crippen LogP contribution < -0.4 is 0 Å². The van der Waals surface area contributed by atoms with Crippen molar-refractivity contribution in [3.8, 4) is 0 Å². The Kier molecular flexibility index (Phi) is 6.85. The van der Waals surface area contributed by atoms with Crippen molar-refractivity contribution in [3.63, 3.8) is 0 Å². The highest BCUT2D eigenvalue weighted by molar-refractivity contribution is 5.95. The van der Waals surface area contributed by atoms with Crippen LogP contribution in [0.5, 0.6) is 0 Å². The van der Waals surface area contributed by atoms with Gasteiger partial charge in [-0.25, -0.2) is 0 Å². The molecule has 0 aliphatic carbocycles. The molecule has 0 amide bonds. The molecule has 0 saturated heterocycles. The van der Waals surface area contributed by atoms with Gasteiger partial charge in [0.2, 0.25) is 0 Å². The van der Waals surface area contributed by atoms with E-state index in [1.165, 1.54) is 25.3 Å². The van der Waals surface area contributed by atoms with Crippen molar-refractivity contribution in [2.24, 2.45) is 0 Å². The lowest BCUT2D eigenvalue weighted by Crippen LogP contribution is -1.95. The van der Waals surface area contributed by atoms with E-state index in [0.29, 0.717) is 12.0 Å². The van der Waals surface area contributed by atoms with E-state index >= 15 is 0 Å². The Balaban J connectivity index is 2.34. The summed E-state index contributed by atoms with van der Waals surface area (Å²) in [7, 11) is 0. The first kappa shape index (κ1) is 14.5. The van der Waals surface area contributed by atoms with Gasteiger partial charge in [0.05, 0.1) is 0 Å². The molecule has 2 nitrogen and oxygen atoms in total. The SMILES string of the molecule is CCCCCCCC(=O)/C=C(\O)c1ccccc1. The first-order chi connectivity index (χ1) is 8.74. The van der Waals surface area contributed by atoms with Crippen molar-refractivity contribution in [3.05, 3.63) is 42.0 Å². The van der Waals surface area contributed by atoms with Crippen LogP contribution in [0.25, 0.3) is 5.76 Å². The van der Waals surface area contributed by atoms with Crippen molar-refractivity contribution in [1.29, 1.82) is 0 Å². The highest BCUT2D eigenvalue weighted by Gasteiger charge is 2.02. The predicted molar refractivity (Wildman–Crippen MR) is 75.4 cm³/mol. The zero-order valence-corrected chi connectivity index (χ0v) is 11.1. The molecule has 18 heavy (non-hydrogen) atoms. The number of unbranched alkanes of at least 4 members (excludes halogenated alkanes) is 4. The number of carbonyl (C=O) groups excluding carboxylic acids is 1. The second kappa shape index (κ2) is 8.51. The molecular formula is C16H22O2. The third-order valence-electron chi connectivity index (χ3n) is 2.89. The fourth-order valence-corrected chi connectivity index (χ4v) is 1.82. The predicted octanol–water partition coefficient (Wildman–Crippen LogP) is 4.52. The number of aliphatic hydroxyl groups excluding tert-OH is 1. The summed E-state index contributed by atoms with van der Waals surface area (Å²) in [5.74, 6) is 0.0713. The van der Waals surface area contributed by atoms with Crippen LogP contribution in [0.3, 0.4) is 0 Å². The van der Waals surface area contributed by atoms with Crippen molar-refractivity contribution in [2.75, 3.05) is 0 Å². The molecule has 0 atom stereocenters. The molecule has 98 valence electrons. The second-order valence-electron chi connectivity index (χ2n) is 4.53. The minimum Gasteiger partial charge on any atom is -0.507 e. The highest BCUT2D eigenvalue weighted by Crippen LogP contribution is 2.12. The Morgan fingerprint density at radius 3 is 2.44 bits per heavy atom. The Labute approximate surface area is 109 Å². The Hall–Kier alpha value is -1.57. The third kappa shape index (κ3) is 5.67. The van der Waals surface area contributed by atoms with E-state index in [4.69, 9.17) is 0 Å². The minimum atomic E-state index is 0.00727. The van der Waals surface area contributed by atoms with Crippen LogP contribution in [0, 0.1) is 0 Å². The summed E-state index contributed by atoms with van der Waals surface area (Å²) in [6.45, 7) is 2.17. The molecule has 1 rings (SSSR count). The smallest absolute Gasteiger partial charge is 0.159 e. The number of aliphatic hydroxyl groups is 1. The number of rotatable bonds is 8. The first-order valence-corrected chi connectivity index (χ1v) is 6.73. The average molecular weight is 246 g/mol. The van der Waals surface area contributed by atoms with Gasteiger partial charge in [0, 0.05) is 18.1 Å². The molecular weight excluding hydrogens is 224 g/mol. The van der Waals surface area contributed by atoms with E-state index in [1.807, 2.05) is 18.2 Å². The highest BCUT2D eigenvalue weighted by atomic mass is 16.3. The fraction of sp³-hybridized carbons (Fsp3) is 0.438. The molecule has 0 fully saturated rings. The third-order valence-corrected chi connectivity index (χ3v) is 2.89. The largest absolute Gasteiger partial charge is 0.507 e. The van der Waals surface area contributed by atoms with Crippen molar-refractivity contribution >= 4 is 11.5 Å². The van der Waals surface area contributed by atoms with E-state index in [9.17, 15) is 9.90 Å². The maximum atomic E-state index is 11.6.